The van der Waals surface area contributed by atoms with Gasteiger partial charge in [0, 0.05) is 23.3 Å². The van der Waals surface area contributed by atoms with Crippen LogP contribution in [0.3, 0.4) is 0 Å². The lowest BCUT2D eigenvalue weighted by Gasteiger charge is -2.39. The predicted molar refractivity (Wildman–Crippen MR) is 101 cm³/mol. The smallest absolute Gasteiger partial charge is 0.229 e. The number of aliphatic hydroxyl groups is 4. The number of aromatic amines is 1. The number of H-pyrrole nitrogens is 1. The molecule has 8 nitrogen and oxygen atoms in total. The molecule has 1 aromatic carbocycles. The van der Waals surface area contributed by atoms with Gasteiger partial charge in [0.05, 0.1) is 11.6 Å². The molecule has 0 radical (unpaired) electrons. The second-order valence-electron chi connectivity index (χ2n) is 6.60. The number of hydrogen-bond donors (Lipinski definition) is 5. The highest BCUT2D eigenvalue weighted by Crippen LogP contribution is 2.33. The van der Waals surface area contributed by atoms with Crippen LogP contribution in [0.2, 0.25) is 5.02 Å². The van der Waals surface area contributed by atoms with Crippen molar-refractivity contribution >= 4 is 22.6 Å². The van der Waals surface area contributed by atoms with Crippen molar-refractivity contribution < 1.29 is 29.9 Å². The first-order valence-corrected chi connectivity index (χ1v) is 9.06. The highest BCUT2D eigenvalue weighted by molar-refractivity contribution is 6.32. The normalized spacial score (nSPS) is 27.8. The number of nitrogens with zero attached hydrogens (tertiary/aromatic N) is 1. The maximum absolute atomic E-state index is 10.1. The standard InChI is InChI=1S/C19H19ClN2O6/c20-12-6-9(11-5-10-3-4-21-18(10)22-7-11)1-2-13(12)27-19-17(26)16(25)15(24)14(8-23)28-19/h1-7,14-17,19,23-26H,8H2,(H,21,22)/t14?,15-,16?,17-,19+/m1/s1. The van der Waals surface area contributed by atoms with E-state index in [1.165, 1.54) is 0 Å². The molecular weight excluding hydrogens is 388 g/mol. The summed E-state index contributed by atoms with van der Waals surface area (Å²) in [5.41, 5.74) is 2.48. The summed E-state index contributed by atoms with van der Waals surface area (Å²) in [6, 6.07) is 8.98. The molecule has 0 aliphatic carbocycles. The van der Waals surface area contributed by atoms with Gasteiger partial charge in [0.2, 0.25) is 6.29 Å². The summed E-state index contributed by atoms with van der Waals surface area (Å²) in [7, 11) is 0. The van der Waals surface area contributed by atoms with Crippen LogP contribution >= 0.6 is 11.6 Å². The van der Waals surface area contributed by atoms with Crippen LogP contribution in [0, 0.1) is 0 Å². The molecule has 1 aliphatic heterocycles. The van der Waals surface area contributed by atoms with Gasteiger partial charge in [-0.1, -0.05) is 17.7 Å². The Morgan fingerprint density at radius 1 is 1.07 bits per heavy atom. The maximum atomic E-state index is 10.1. The molecule has 1 saturated heterocycles. The molecule has 3 heterocycles. The van der Waals surface area contributed by atoms with E-state index < -0.39 is 37.3 Å². The van der Waals surface area contributed by atoms with Gasteiger partial charge in [-0.15, -0.1) is 0 Å². The lowest BCUT2D eigenvalue weighted by molar-refractivity contribution is -0.277. The SMILES string of the molecule is OCC1O[C@H](Oc2ccc(-c3cnc4[nH]ccc4c3)cc2Cl)[C@H](O)C(O)[C@@H]1O. The molecule has 28 heavy (non-hydrogen) atoms. The quantitative estimate of drug-likeness (QED) is 0.438. The summed E-state index contributed by atoms with van der Waals surface area (Å²) in [4.78, 5) is 7.38. The minimum Gasteiger partial charge on any atom is -0.460 e. The number of aliphatic hydroxyl groups excluding tert-OH is 4. The third kappa shape index (κ3) is 3.46. The molecule has 1 aliphatic rings. The summed E-state index contributed by atoms with van der Waals surface area (Å²) in [6.07, 6.45) is -3.29. The summed E-state index contributed by atoms with van der Waals surface area (Å²) in [5, 5.41) is 40.3. The predicted octanol–water partition coefficient (Wildman–Crippen LogP) is 1.06. The number of ether oxygens (including phenoxy) is 2. The Bertz CT molecular complexity index is 978. The van der Waals surface area contributed by atoms with Crippen molar-refractivity contribution in [1.29, 1.82) is 0 Å². The van der Waals surface area contributed by atoms with Crippen LogP contribution in [0.25, 0.3) is 22.2 Å². The maximum Gasteiger partial charge on any atom is 0.229 e. The van der Waals surface area contributed by atoms with Gasteiger partial charge in [0.25, 0.3) is 0 Å². The van der Waals surface area contributed by atoms with E-state index in [2.05, 4.69) is 9.97 Å². The number of hydrogen-bond acceptors (Lipinski definition) is 7. The first-order chi connectivity index (χ1) is 13.5. The summed E-state index contributed by atoms with van der Waals surface area (Å²) in [6.45, 7) is -0.536. The molecule has 5 atom stereocenters. The highest BCUT2D eigenvalue weighted by Gasteiger charge is 2.44. The first-order valence-electron chi connectivity index (χ1n) is 8.68. The lowest BCUT2D eigenvalue weighted by atomic mass is 9.99. The third-order valence-electron chi connectivity index (χ3n) is 4.76. The average molecular weight is 407 g/mol. The number of nitrogens with one attached hydrogen (secondary N) is 1. The van der Waals surface area contributed by atoms with Crippen molar-refractivity contribution in [2.24, 2.45) is 0 Å². The third-order valence-corrected chi connectivity index (χ3v) is 5.05. The molecule has 1 fully saturated rings. The molecule has 2 aromatic heterocycles. The Kier molecular flexibility index (Phi) is 5.24. The van der Waals surface area contributed by atoms with Crippen molar-refractivity contribution in [1.82, 2.24) is 9.97 Å². The van der Waals surface area contributed by atoms with E-state index in [-0.39, 0.29) is 10.8 Å². The number of rotatable bonds is 4. The summed E-state index contributed by atoms with van der Waals surface area (Å²) < 4.78 is 10.9. The number of aromatic nitrogens is 2. The first kappa shape index (κ1) is 19.1. The van der Waals surface area contributed by atoms with Crippen LogP contribution in [0.5, 0.6) is 5.75 Å². The van der Waals surface area contributed by atoms with E-state index in [9.17, 15) is 20.4 Å². The minimum atomic E-state index is -1.52. The van der Waals surface area contributed by atoms with Gasteiger partial charge in [0.1, 0.15) is 35.8 Å². The fourth-order valence-corrected chi connectivity index (χ4v) is 3.39. The molecule has 2 unspecified atom stereocenters. The van der Waals surface area contributed by atoms with Gasteiger partial charge in [0.15, 0.2) is 0 Å². The summed E-state index contributed by atoms with van der Waals surface area (Å²) in [5.74, 6) is 0.227. The van der Waals surface area contributed by atoms with Crippen molar-refractivity contribution in [3.05, 3.63) is 47.7 Å². The Balaban J connectivity index is 1.56. The zero-order valence-corrected chi connectivity index (χ0v) is 15.3. The van der Waals surface area contributed by atoms with Gasteiger partial charge in [-0.25, -0.2) is 4.98 Å². The molecule has 3 aromatic rings. The van der Waals surface area contributed by atoms with Gasteiger partial charge < -0.3 is 34.9 Å². The molecule has 0 amide bonds. The Hall–Kier alpha value is -2.20. The van der Waals surface area contributed by atoms with Crippen molar-refractivity contribution in [3.8, 4) is 16.9 Å². The molecule has 0 spiro atoms. The zero-order chi connectivity index (χ0) is 19.8. The van der Waals surface area contributed by atoms with Gasteiger partial charge in [-0.05, 0) is 29.8 Å². The second kappa shape index (κ2) is 7.67. The van der Waals surface area contributed by atoms with Crippen molar-refractivity contribution in [3.63, 3.8) is 0 Å². The lowest BCUT2D eigenvalue weighted by Crippen LogP contribution is -2.60. The number of halogens is 1. The molecule has 0 bridgehead atoms. The van der Waals surface area contributed by atoms with E-state index in [1.807, 2.05) is 18.3 Å². The molecular formula is C19H19ClN2O6. The Morgan fingerprint density at radius 2 is 1.89 bits per heavy atom. The van der Waals surface area contributed by atoms with Crippen LogP contribution in [-0.4, -0.2) is 67.7 Å². The zero-order valence-electron chi connectivity index (χ0n) is 14.6. The number of fused-ring (bicyclic) bond motifs is 1. The van der Waals surface area contributed by atoms with E-state index >= 15 is 0 Å². The largest absolute Gasteiger partial charge is 0.460 e. The van der Waals surface area contributed by atoms with Crippen LogP contribution in [0.1, 0.15) is 0 Å². The van der Waals surface area contributed by atoms with Crippen molar-refractivity contribution in [2.75, 3.05) is 6.61 Å². The highest BCUT2D eigenvalue weighted by atomic mass is 35.5. The number of pyridine rings is 1. The monoisotopic (exact) mass is 406 g/mol. The van der Waals surface area contributed by atoms with E-state index in [4.69, 9.17) is 21.1 Å². The van der Waals surface area contributed by atoms with Crippen LogP contribution < -0.4 is 4.74 Å². The van der Waals surface area contributed by atoms with Gasteiger partial charge in [-0.2, -0.15) is 0 Å². The van der Waals surface area contributed by atoms with Crippen molar-refractivity contribution in [2.45, 2.75) is 30.7 Å². The Labute approximate surface area is 164 Å². The summed E-state index contributed by atoms with van der Waals surface area (Å²) >= 11 is 6.33. The van der Waals surface area contributed by atoms with Gasteiger partial charge >= 0.3 is 0 Å². The molecule has 4 rings (SSSR count). The molecule has 148 valence electrons. The van der Waals surface area contributed by atoms with Crippen LogP contribution in [-0.2, 0) is 4.74 Å². The molecule has 5 N–H and O–H groups in total. The van der Waals surface area contributed by atoms with Crippen LogP contribution in [0.4, 0.5) is 0 Å². The molecule has 9 heteroatoms. The van der Waals surface area contributed by atoms with Crippen LogP contribution in [0.15, 0.2) is 42.7 Å². The average Bonchev–Trinajstić information content (AvgIpc) is 3.17. The number of benzene rings is 1. The second-order valence-corrected chi connectivity index (χ2v) is 7.01. The van der Waals surface area contributed by atoms with E-state index in [0.717, 1.165) is 22.2 Å². The Morgan fingerprint density at radius 3 is 2.64 bits per heavy atom. The molecule has 0 saturated carbocycles. The van der Waals surface area contributed by atoms with E-state index in [0.29, 0.717) is 0 Å². The van der Waals surface area contributed by atoms with Gasteiger partial charge in [-0.3, -0.25) is 0 Å². The fraction of sp³-hybridized carbons (Fsp3) is 0.316. The topological polar surface area (TPSA) is 128 Å². The fourth-order valence-electron chi connectivity index (χ4n) is 3.16. The minimum absolute atomic E-state index is 0.227. The van der Waals surface area contributed by atoms with E-state index in [1.54, 1.807) is 24.4 Å².